The summed E-state index contributed by atoms with van der Waals surface area (Å²) in [6, 6.07) is -0.685. The molecular formula is C15H23N3O3. The van der Waals surface area contributed by atoms with E-state index >= 15 is 0 Å². The van der Waals surface area contributed by atoms with Gasteiger partial charge < -0.3 is 14.6 Å². The molecule has 2 atom stereocenters. The topological polar surface area (TPSA) is 75.4 Å². The first-order chi connectivity index (χ1) is 9.73. The molecule has 2 heterocycles. The van der Waals surface area contributed by atoms with Crippen LogP contribution in [0.3, 0.4) is 0 Å². The first-order valence-electron chi connectivity index (χ1n) is 7.31. The van der Waals surface area contributed by atoms with Crippen LogP contribution in [0.15, 0.2) is 17.2 Å². The summed E-state index contributed by atoms with van der Waals surface area (Å²) in [6.45, 7) is 8.27. The summed E-state index contributed by atoms with van der Waals surface area (Å²) < 4.78 is 1.60. The third-order valence-electron chi connectivity index (χ3n) is 4.00. The number of hydrogen-bond donors (Lipinski definition) is 1. The highest BCUT2D eigenvalue weighted by atomic mass is 16.4. The minimum atomic E-state index is -0.894. The van der Waals surface area contributed by atoms with Crippen LogP contribution in [0.5, 0.6) is 0 Å². The fourth-order valence-corrected chi connectivity index (χ4v) is 2.93. The Balaban J connectivity index is 2.50. The molecule has 0 aliphatic carbocycles. The van der Waals surface area contributed by atoms with Gasteiger partial charge in [0.2, 0.25) is 0 Å². The Kier molecular flexibility index (Phi) is 4.07. The van der Waals surface area contributed by atoms with E-state index in [0.717, 1.165) is 12.8 Å². The van der Waals surface area contributed by atoms with Crippen molar-refractivity contribution in [2.45, 2.75) is 52.1 Å². The molecule has 0 radical (unpaired) electrons. The van der Waals surface area contributed by atoms with Crippen molar-refractivity contribution in [3.8, 4) is 0 Å². The van der Waals surface area contributed by atoms with Crippen molar-refractivity contribution in [1.82, 2.24) is 9.55 Å². The maximum Gasteiger partial charge on any atom is 0.326 e. The molecule has 6 nitrogen and oxygen atoms in total. The van der Waals surface area contributed by atoms with Crippen LogP contribution in [0, 0.1) is 5.92 Å². The number of rotatable bonds is 2. The molecule has 1 aliphatic heterocycles. The van der Waals surface area contributed by atoms with E-state index in [1.165, 1.54) is 0 Å². The Labute approximate surface area is 124 Å². The third-order valence-corrected chi connectivity index (χ3v) is 4.00. The number of carboxylic acid groups (broad SMARTS) is 1. The van der Waals surface area contributed by atoms with Crippen LogP contribution in [-0.4, -0.2) is 33.2 Å². The zero-order chi connectivity index (χ0) is 15.8. The van der Waals surface area contributed by atoms with Crippen molar-refractivity contribution >= 4 is 11.8 Å². The van der Waals surface area contributed by atoms with Gasteiger partial charge in [0.15, 0.2) is 5.82 Å². The predicted octanol–water partition coefficient (Wildman–Crippen LogP) is 1.69. The zero-order valence-corrected chi connectivity index (χ0v) is 13.0. The van der Waals surface area contributed by atoms with Crippen LogP contribution in [0.4, 0.5) is 5.82 Å². The summed E-state index contributed by atoms with van der Waals surface area (Å²) >= 11 is 0. The number of nitrogens with zero attached hydrogens (tertiary/aromatic N) is 3. The summed E-state index contributed by atoms with van der Waals surface area (Å²) in [6.07, 6.45) is 4.94. The molecule has 6 heteroatoms. The molecule has 0 spiro atoms. The molecular weight excluding hydrogens is 270 g/mol. The molecule has 116 valence electrons. The standard InChI is InChI=1S/C15H23N3O3/c1-10-6-5-8-17(11(10)14(20)21)12-13(19)18(9-7-16-12)15(2,3)4/h7,9-11H,5-6,8H2,1-4H3,(H,20,21). The smallest absolute Gasteiger partial charge is 0.326 e. The molecule has 21 heavy (non-hydrogen) atoms. The summed E-state index contributed by atoms with van der Waals surface area (Å²) in [5, 5.41) is 9.48. The van der Waals surface area contributed by atoms with E-state index in [2.05, 4.69) is 4.98 Å². The molecule has 1 aromatic heterocycles. The highest BCUT2D eigenvalue weighted by molar-refractivity contribution is 5.78. The Morgan fingerprint density at radius 1 is 1.43 bits per heavy atom. The number of aliphatic carboxylic acids is 1. The lowest BCUT2D eigenvalue weighted by atomic mass is 9.91. The van der Waals surface area contributed by atoms with Crippen molar-refractivity contribution in [2.75, 3.05) is 11.4 Å². The maximum absolute atomic E-state index is 12.7. The Morgan fingerprint density at radius 2 is 2.10 bits per heavy atom. The van der Waals surface area contributed by atoms with Crippen LogP contribution in [-0.2, 0) is 10.3 Å². The molecule has 1 saturated heterocycles. The van der Waals surface area contributed by atoms with Gasteiger partial charge in [-0.15, -0.1) is 0 Å². The summed E-state index contributed by atoms with van der Waals surface area (Å²) in [7, 11) is 0. The number of anilines is 1. The molecule has 0 saturated carbocycles. The third kappa shape index (κ3) is 2.94. The molecule has 0 aromatic carbocycles. The van der Waals surface area contributed by atoms with E-state index in [4.69, 9.17) is 0 Å². The molecule has 2 rings (SSSR count). The lowest BCUT2D eigenvalue weighted by molar-refractivity contribution is -0.140. The normalized spacial score (nSPS) is 23.1. The fraction of sp³-hybridized carbons (Fsp3) is 0.667. The van der Waals surface area contributed by atoms with Gasteiger partial charge in [0, 0.05) is 24.5 Å². The van der Waals surface area contributed by atoms with Gasteiger partial charge in [0.25, 0.3) is 5.56 Å². The first-order valence-corrected chi connectivity index (χ1v) is 7.31. The summed E-state index contributed by atoms with van der Waals surface area (Å²) in [5.41, 5.74) is -0.597. The SMILES string of the molecule is CC1CCCN(c2nccn(C(C)(C)C)c2=O)C1C(=O)O. The van der Waals surface area contributed by atoms with Gasteiger partial charge in [-0.3, -0.25) is 4.79 Å². The fourth-order valence-electron chi connectivity index (χ4n) is 2.93. The van der Waals surface area contributed by atoms with Crippen LogP contribution in [0.25, 0.3) is 0 Å². The molecule has 1 fully saturated rings. The molecule has 0 amide bonds. The Bertz CT molecular complexity index is 589. The average Bonchev–Trinajstić information content (AvgIpc) is 2.36. The second-order valence-corrected chi connectivity index (χ2v) is 6.69. The first kappa shape index (κ1) is 15.5. The number of carboxylic acids is 1. The number of aromatic nitrogens is 2. The monoisotopic (exact) mass is 293 g/mol. The molecule has 1 aromatic rings. The van der Waals surface area contributed by atoms with Gasteiger partial charge in [0.05, 0.1) is 0 Å². The largest absolute Gasteiger partial charge is 0.480 e. The van der Waals surface area contributed by atoms with Gasteiger partial charge in [-0.1, -0.05) is 6.92 Å². The second-order valence-electron chi connectivity index (χ2n) is 6.69. The Hall–Kier alpha value is -1.85. The van der Waals surface area contributed by atoms with E-state index in [9.17, 15) is 14.7 Å². The van der Waals surface area contributed by atoms with Crippen molar-refractivity contribution < 1.29 is 9.90 Å². The lowest BCUT2D eigenvalue weighted by Crippen LogP contribution is -2.52. The van der Waals surface area contributed by atoms with Crippen molar-refractivity contribution in [1.29, 1.82) is 0 Å². The number of piperidine rings is 1. The summed E-state index contributed by atoms with van der Waals surface area (Å²) in [4.78, 5) is 30.0. The van der Waals surface area contributed by atoms with Crippen molar-refractivity contribution in [2.24, 2.45) is 5.92 Å². The van der Waals surface area contributed by atoms with Crippen LogP contribution in [0.1, 0.15) is 40.5 Å². The second kappa shape index (κ2) is 5.50. The van der Waals surface area contributed by atoms with Gasteiger partial charge in [-0.25, -0.2) is 9.78 Å². The van der Waals surface area contributed by atoms with Gasteiger partial charge >= 0.3 is 5.97 Å². The van der Waals surface area contributed by atoms with Crippen LogP contribution < -0.4 is 10.5 Å². The highest BCUT2D eigenvalue weighted by Crippen LogP contribution is 2.26. The minimum absolute atomic E-state index is 0.000688. The average molecular weight is 293 g/mol. The van der Waals surface area contributed by atoms with E-state index in [1.54, 1.807) is 21.9 Å². The predicted molar refractivity (Wildman–Crippen MR) is 80.7 cm³/mol. The highest BCUT2D eigenvalue weighted by Gasteiger charge is 2.36. The quantitative estimate of drug-likeness (QED) is 0.898. The molecule has 0 bridgehead atoms. The zero-order valence-electron chi connectivity index (χ0n) is 13.0. The summed E-state index contributed by atoms with van der Waals surface area (Å²) in [5.74, 6) is -0.651. The van der Waals surface area contributed by atoms with Crippen molar-refractivity contribution in [3.05, 3.63) is 22.7 Å². The van der Waals surface area contributed by atoms with E-state index in [0.29, 0.717) is 6.54 Å². The molecule has 2 unspecified atom stereocenters. The number of hydrogen-bond acceptors (Lipinski definition) is 4. The van der Waals surface area contributed by atoms with Crippen LogP contribution >= 0.6 is 0 Å². The van der Waals surface area contributed by atoms with Gasteiger partial charge in [-0.05, 0) is 39.5 Å². The minimum Gasteiger partial charge on any atom is -0.480 e. The van der Waals surface area contributed by atoms with E-state index in [1.807, 2.05) is 27.7 Å². The maximum atomic E-state index is 12.7. The lowest BCUT2D eigenvalue weighted by Gasteiger charge is -2.38. The van der Waals surface area contributed by atoms with Gasteiger partial charge in [0.1, 0.15) is 6.04 Å². The van der Waals surface area contributed by atoms with Crippen molar-refractivity contribution in [3.63, 3.8) is 0 Å². The van der Waals surface area contributed by atoms with E-state index < -0.39 is 12.0 Å². The molecule has 1 aliphatic rings. The number of carbonyl (C=O) groups is 1. The van der Waals surface area contributed by atoms with Crippen LogP contribution in [0.2, 0.25) is 0 Å². The van der Waals surface area contributed by atoms with Gasteiger partial charge in [-0.2, -0.15) is 0 Å². The Morgan fingerprint density at radius 3 is 2.67 bits per heavy atom. The molecule has 1 N–H and O–H groups in total. The van der Waals surface area contributed by atoms with E-state index in [-0.39, 0.29) is 22.8 Å².